The van der Waals surface area contributed by atoms with Crippen molar-refractivity contribution >= 4 is 23.2 Å². The van der Waals surface area contributed by atoms with Crippen LogP contribution in [0, 0.1) is 5.92 Å². The van der Waals surface area contributed by atoms with Crippen LogP contribution >= 0.6 is 11.3 Å². The first kappa shape index (κ1) is 16.0. The van der Waals surface area contributed by atoms with E-state index in [0.29, 0.717) is 23.6 Å². The van der Waals surface area contributed by atoms with Crippen LogP contribution in [0.25, 0.3) is 0 Å². The number of carbonyl (C=O) groups is 2. The third-order valence-corrected chi connectivity index (χ3v) is 5.04. The molecule has 0 bridgehead atoms. The Balaban J connectivity index is 1.68. The number of hydroxylamine groups is 1. The van der Waals surface area contributed by atoms with E-state index in [0.717, 1.165) is 11.4 Å². The lowest BCUT2D eigenvalue weighted by Crippen LogP contribution is -2.30. The first-order valence-corrected chi connectivity index (χ1v) is 8.30. The molecule has 1 aliphatic rings. The molecule has 3 N–H and O–H groups in total. The number of hydrogen-bond acceptors (Lipinski definition) is 4. The van der Waals surface area contributed by atoms with E-state index >= 15 is 0 Å². The number of hydrogen-bond donors (Lipinski definition) is 3. The molecule has 0 spiro atoms. The van der Waals surface area contributed by atoms with Crippen LogP contribution in [0.15, 0.2) is 12.1 Å². The molecular formula is C15H22N2O3S. The van der Waals surface area contributed by atoms with Gasteiger partial charge in [-0.25, -0.2) is 5.48 Å². The minimum absolute atomic E-state index is 0.0714. The standard InChI is InChI=1S/C15H22N2O3S/c18-14(16-10-11-4-2-1-3-5-11)9-7-12-6-8-13(21-12)15(19)17-20/h6,8,11,20H,1-5,7,9-10H2,(H,16,18)(H,17,19). The van der Waals surface area contributed by atoms with Crippen LogP contribution in [0.5, 0.6) is 0 Å². The van der Waals surface area contributed by atoms with Crippen molar-refractivity contribution in [3.63, 3.8) is 0 Å². The molecule has 21 heavy (non-hydrogen) atoms. The van der Waals surface area contributed by atoms with E-state index < -0.39 is 5.91 Å². The van der Waals surface area contributed by atoms with E-state index in [4.69, 9.17) is 5.21 Å². The van der Waals surface area contributed by atoms with Gasteiger partial charge in [0.25, 0.3) is 5.91 Å². The Labute approximate surface area is 128 Å². The normalized spacial score (nSPS) is 15.7. The lowest BCUT2D eigenvalue weighted by atomic mass is 9.89. The van der Waals surface area contributed by atoms with Crippen molar-refractivity contribution in [1.29, 1.82) is 0 Å². The molecule has 1 aromatic rings. The fraction of sp³-hybridized carbons (Fsp3) is 0.600. The van der Waals surface area contributed by atoms with Gasteiger partial charge in [-0.15, -0.1) is 11.3 Å². The number of aryl methyl sites for hydroxylation is 1. The van der Waals surface area contributed by atoms with Crippen LogP contribution in [0.4, 0.5) is 0 Å². The Kier molecular flexibility index (Phi) is 6.20. The number of nitrogens with one attached hydrogen (secondary N) is 2. The summed E-state index contributed by atoms with van der Waals surface area (Å²) in [7, 11) is 0. The van der Waals surface area contributed by atoms with Gasteiger partial charge in [-0.3, -0.25) is 14.8 Å². The summed E-state index contributed by atoms with van der Waals surface area (Å²) >= 11 is 1.30. The highest BCUT2D eigenvalue weighted by molar-refractivity contribution is 7.14. The zero-order chi connectivity index (χ0) is 15.1. The maximum Gasteiger partial charge on any atom is 0.284 e. The van der Waals surface area contributed by atoms with Crippen molar-refractivity contribution in [2.75, 3.05) is 6.54 Å². The second kappa shape index (κ2) is 8.14. The van der Waals surface area contributed by atoms with Crippen molar-refractivity contribution in [2.45, 2.75) is 44.9 Å². The lowest BCUT2D eigenvalue weighted by molar-refractivity contribution is -0.121. The molecule has 0 radical (unpaired) electrons. The van der Waals surface area contributed by atoms with Crippen LogP contribution in [0.2, 0.25) is 0 Å². The average Bonchev–Trinajstić information content (AvgIpc) is 3.00. The minimum Gasteiger partial charge on any atom is -0.356 e. The van der Waals surface area contributed by atoms with Crippen LogP contribution in [0.1, 0.15) is 53.1 Å². The highest BCUT2D eigenvalue weighted by atomic mass is 32.1. The van der Waals surface area contributed by atoms with Crippen LogP contribution < -0.4 is 10.8 Å². The summed E-state index contributed by atoms with van der Waals surface area (Å²) in [6.07, 6.45) is 7.41. The van der Waals surface area contributed by atoms with Crippen molar-refractivity contribution in [3.05, 3.63) is 21.9 Å². The molecule has 0 saturated heterocycles. The Morgan fingerprint density at radius 1 is 1.24 bits per heavy atom. The van der Waals surface area contributed by atoms with Gasteiger partial charge in [-0.05, 0) is 37.3 Å². The largest absolute Gasteiger partial charge is 0.356 e. The molecule has 0 atom stereocenters. The fourth-order valence-electron chi connectivity index (χ4n) is 2.66. The molecule has 2 rings (SSSR count). The maximum absolute atomic E-state index is 11.8. The highest BCUT2D eigenvalue weighted by Crippen LogP contribution is 2.23. The van der Waals surface area contributed by atoms with Gasteiger partial charge in [0.1, 0.15) is 0 Å². The Morgan fingerprint density at radius 3 is 2.71 bits per heavy atom. The number of thiophene rings is 1. The van der Waals surface area contributed by atoms with Gasteiger partial charge in [0, 0.05) is 17.8 Å². The minimum atomic E-state index is -0.506. The SMILES string of the molecule is O=C(CCc1ccc(C(=O)NO)s1)NCC1CCCCC1. The van der Waals surface area contributed by atoms with Gasteiger partial charge < -0.3 is 5.32 Å². The molecule has 1 fully saturated rings. The van der Waals surface area contributed by atoms with Crippen molar-refractivity contribution in [2.24, 2.45) is 5.92 Å². The van der Waals surface area contributed by atoms with Gasteiger partial charge in [0.2, 0.25) is 5.91 Å². The molecule has 1 saturated carbocycles. The Morgan fingerprint density at radius 2 is 2.00 bits per heavy atom. The van der Waals surface area contributed by atoms with Gasteiger partial charge >= 0.3 is 0 Å². The Bertz CT molecular complexity index is 481. The molecule has 5 nitrogen and oxygen atoms in total. The molecule has 1 heterocycles. The topological polar surface area (TPSA) is 78.4 Å². The van der Waals surface area contributed by atoms with Gasteiger partial charge in [0.15, 0.2) is 0 Å². The predicted molar refractivity (Wildman–Crippen MR) is 81.5 cm³/mol. The van der Waals surface area contributed by atoms with Gasteiger partial charge in [0.05, 0.1) is 4.88 Å². The molecule has 0 aliphatic heterocycles. The highest BCUT2D eigenvalue weighted by Gasteiger charge is 2.14. The molecule has 0 aromatic carbocycles. The van der Waals surface area contributed by atoms with Crippen molar-refractivity contribution in [1.82, 2.24) is 10.8 Å². The zero-order valence-electron chi connectivity index (χ0n) is 12.1. The summed E-state index contributed by atoms with van der Waals surface area (Å²) in [5, 5.41) is 11.6. The second-order valence-corrected chi connectivity index (χ2v) is 6.68. The van der Waals surface area contributed by atoms with Crippen LogP contribution in [-0.4, -0.2) is 23.6 Å². The average molecular weight is 310 g/mol. The zero-order valence-corrected chi connectivity index (χ0v) is 12.9. The summed E-state index contributed by atoms with van der Waals surface area (Å²) in [6.45, 7) is 0.793. The van der Waals surface area contributed by atoms with E-state index in [9.17, 15) is 9.59 Å². The van der Waals surface area contributed by atoms with Gasteiger partial charge in [-0.2, -0.15) is 0 Å². The van der Waals surface area contributed by atoms with E-state index in [2.05, 4.69) is 5.32 Å². The van der Waals surface area contributed by atoms with E-state index in [-0.39, 0.29) is 5.91 Å². The summed E-state index contributed by atoms with van der Waals surface area (Å²) in [5.41, 5.74) is 1.61. The smallest absolute Gasteiger partial charge is 0.284 e. The second-order valence-electron chi connectivity index (χ2n) is 5.51. The van der Waals surface area contributed by atoms with Crippen molar-refractivity contribution < 1.29 is 14.8 Å². The molecule has 1 aromatic heterocycles. The third kappa shape index (κ3) is 5.13. The Hall–Kier alpha value is -1.40. The number of carbonyl (C=O) groups excluding carboxylic acids is 2. The monoisotopic (exact) mass is 310 g/mol. The molecule has 2 amide bonds. The maximum atomic E-state index is 11.8. The van der Waals surface area contributed by atoms with E-state index in [1.54, 1.807) is 11.5 Å². The molecule has 6 heteroatoms. The summed E-state index contributed by atoms with van der Waals surface area (Å²) in [5.74, 6) is 0.208. The van der Waals surface area contributed by atoms with Crippen molar-refractivity contribution in [3.8, 4) is 0 Å². The summed E-state index contributed by atoms with van der Waals surface area (Å²) in [4.78, 5) is 24.5. The first-order chi connectivity index (χ1) is 10.2. The van der Waals surface area contributed by atoms with E-state index in [1.807, 2.05) is 6.07 Å². The number of amides is 2. The predicted octanol–water partition coefficient (Wildman–Crippen LogP) is 2.50. The summed E-state index contributed by atoms with van der Waals surface area (Å²) < 4.78 is 0. The quantitative estimate of drug-likeness (QED) is 0.558. The third-order valence-electron chi connectivity index (χ3n) is 3.90. The number of rotatable bonds is 6. The van der Waals surface area contributed by atoms with Crippen LogP contribution in [0.3, 0.4) is 0 Å². The summed E-state index contributed by atoms with van der Waals surface area (Å²) in [6, 6.07) is 3.48. The van der Waals surface area contributed by atoms with Gasteiger partial charge in [-0.1, -0.05) is 19.3 Å². The molecular weight excluding hydrogens is 288 g/mol. The van der Waals surface area contributed by atoms with Crippen LogP contribution in [-0.2, 0) is 11.2 Å². The fourth-order valence-corrected chi connectivity index (χ4v) is 3.56. The lowest BCUT2D eigenvalue weighted by Gasteiger charge is -2.21. The molecule has 1 aliphatic carbocycles. The molecule has 116 valence electrons. The first-order valence-electron chi connectivity index (χ1n) is 7.49. The van der Waals surface area contributed by atoms with E-state index in [1.165, 1.54) is 43.4 Å². The molecule has 0 unspecified atom stereocenters.